The standard InChI is InChI=1S/C16H19F2N3O2/c17-11-4-1-5-12(18)15(11)21-8-6-13(16(21)23)20-14(22)9-10-3-2-7-19-10/h1,4-5,10,13,19H,2-3,6-9H2,(H,20,22). The van der Waals surface area contributed by atoms with Crippen LogP contribution in [0.2, 0.25) is 0 Å². The molecule has 0 bridgehead atoms. The maximum absolute atomic E-state index is 13.8. The Bertz CT molecular complexity index is 597. The molecule has 2 aliphatic heterocycles. The Labute approximate surface area is 133 Å². The van der Waals surface area contributed by atoms with Crippen molar-refractivity contribution in [2.75, 3.05) is 18.0 Å². The third-order valence-corrected chi connectivity index (χ3v) is 4.34. The summed E-state index contributed by atoms with van der Waals surface area (Å²) in [5, 5.41) is 5.90. The molecule has 3 rings (SSSR count). The molecule has 2 heterocycles. The van der Waals surface area contributed by atoms with Crippen LogP contribution in [0, 0.1) is 11.6 Å². The van der Waals surface area contributed by atoms with Crippen molar-refractivity contribution < 1.29 is 18.4 Å². The fourth-order valence-electron chi connectivity index (χ4n) is 3.19. The SMILES string of the molecule is O=C(CC1CCCN1)NC1CCN(c2c(F)cccc2F)C1=O. The second-order valence-corrected chi connectivity index (χ2v) is 5.97. The lowest BCUT2D eigenvalue weighted by atomic mass is 10.1. The van der Waals surface area contributed by atoms with E-state index in [1.165, 1.54) is 6.07 Å². The lowest BCUT2D eigenvalue weighted by Gasteiger charge is -2.19. The number of hydrogen-bond donors (Lipinski definition) is 2. The molecule has 2 N–H and O–H groups in total. The van der Waals surface area contributed by atoms with Crippen molar-refractivity contribution in [3.05, 3.63) is 29.8 Å². The van der Waals surface area contributed by atoms with Gasteiger partial charge in [0, 0.05) is 19.0 Å². The number of amides is 2. The molecule has 2 saturated heterocycles. The van der Waals surface area contributed by atoms with Gasteiger partial charge in [-0.05, 0) is 37.9 Å². The van der Waals surface area contributed by atoms with E-state index in [4.69, 9.17) is 0 Å². The molecule has 5 nitrogen and oxygen atoms in total. The molecule has 2 fully saturated rings. The van der Waals surface area contributed by atoms with Crippen molar-refractivity contribution in [1.29, 1.82) is 0 Å². The average molecular weight is 323 g/mol. The molecule has 0 spiro atoms. The number of anilines is 1. The molecule has 0 aromatic heterocycles. The number of para-hydroxylation sites is 1. The van der Waals surface area contributed by atoms with Crippen LogP contribution in [0.25, 0.3) is 0 Å². The minimum atomic E-state index is -0.777. The molecule has 1 aromatic carbocycles. The molecular weight excluding hydrogens is 304 g/mol. The lowest BCUT2D eigenvalue weighted by molar-refractivity contribution is -0.126. The Morgan fingerprint density at radius 2 is 2.04 bits per heavy atom. The summed E-state index contributed by atoms with van der Waals surface area (Å²) in [5.41, 5.74) is -0.341. The number of carbonyl (C=O) groups excluding carboxylic acids is 2. The zero-order valence-electron chi connectivity index (χ0n) is 12.6. The first kappa shape index (κ1) is 15.9. The average Bonchev–Trinajstić information content (AvgIpc) is 3.12. The van der Waals surface area contributed by atoms with Crippen molar-refractivity contribution in [3.8, 4) is 0 Å². The van der Waals surface area contributed by atoms with E-state index in [-0.39, 0.29) is 24.2 Å². The zero-order chi connectivity index (χ0) is 16.4. The first-order chi connectivity index (χ1) is 11.1. The first-order valence-electron chi connectivity index (χ1n) is 7.84. The van der Waals surface area contributed by atoms with Crippen LogP contribution in [0.15, 0.2) is 18.2 Å². The van der Waals surface area contributed by atoms with Gasteiger partial charge in [-0.3, -0.25) is 9.59 Å². The van der Waals surface area contributed by atoms with Gasteiger partial charge in [0.25, 0.3) is 0 Å². The highest BCUT2D eigenvalue weighted by atomic mass is 19.1. The second kappa shape index (κ2) is 6.62. The minimum absolute atomic E-state index is 0.145. The van der Waals surface area contributed by atoms with Crippen LogP contribution in [0.4, 0.5) is 14.5 Å². The number of hydrogen-bond acceptors (Lipinski definition) is 3. The third kappa shape index (κ3) is 3.34. The summed E-state index contributed by atoms with van der Waals surface area (Å²) in [7, 11) is 0. The largest absolute Gasteiger partial charge is 0.344 e. The summed E-state index contributed by atoms with van der Waals surface area (Å²) >= 11 is 0. The van der Waals surface area contributed by atoms with Crippen molar-refractivity contribution in [2.45, 2.75) is 37.8 Å². The van der Waals surface area contributed by atoms with Crippen molar-refractivity contribution in [1.82, 2.24) is 10.6 Å². The Balaban J connectivity index is 1.63. The Morgan fingerprint density at radius 3 is 2.70 bits per heavy atom. The highest BCUT2D eigenvalue weighted by Crippen LogP contribution is 2.27. The second-order valence-electron chi connectivity index (χ2n) is 5.97. The van der Waals surface area contributed by atoms with E-state index < -0.39 is 23.6 Å². The molecule has 7 heteroatoms. The van der Waals surface area contributed by atoms with Crippen LogP contribution in [0.1, 0.15) is 25.7 Å². The lowest BCUT2D eigenvalue weighted by Crippen LogP contribution is -2.43. The highest BCUT2D eigenvalue weighted by Gasteiger charge is 2.36. The van der Waals surface area contributed by atoms with Gasteiger partial charge in [-0.15, -0.1) is 0 Å². The molecule has 23 heavy (non-hydrogen) atoms. The van der Waals surface area contributed by atoms with Gasteiger partial charge in [-0.1, -0.05) is 6.07 Å². The van der Waals surface area contributed by atoms with Crippen molar-refractivity contribution in [2.24, 2.45) is 0 Å². The fraction of sp³-hybridized carbons (Fsp3) is 0.500. The van der Waals surface area contributed by atoms with E-state index in [1.54, 1.807) is 0 Å². The van der Waals surface area contributed by atoms with Gasteiger partial charge in [-0.25, -0.2) is 8.78 Å². The maximum atomic E-state index is 13.8. The summed E-state index contributed by atoms with van der Waals surface area (Å²) in [6.45, 7) is 1.09. The number of benzene rings is 1. The predicted molar refractivity (Wildman–Crippen MR) is 80.9 cm³/mol. The van der Waals surface area contributed by atoms with Crippen LogP contribution in [0.5, 0.6) is 0 Å². The molecule has 0 radical (unpaired) electrons. The summed E-state index contributed by atoms with van der Waals surface area (Å²) in [6.07, 6.45) is 2.65. The van der Waals surface area contributed by atoms with Crippen LogP contribution in [-0.4, -0.2) is 37.0 Å². The van der Waals surface area contributed by atoms with E-state index in [9.17, 15) is 18.4 Å². The quantitative estimate of drug-likeness (QED) is 0.879. The van der Waals surface area contributed by atoms with Gasteiger partial charge in [-0.2, -0.15) is 0 Å². The maximum Gasteiger partial charge on any atom is 0.249 e. The summed E-state index contributed by atoms with van der Waals surface area (Å²) in [6, 6.07) is 2.91. The predicted octanol–water partition coefficient (Wildman–Crippen LogP) is 1.33. The highest BCUT2D eigenvalue weighted by molar-refractivity contribution is 6.01. The molecule has 1 aromatic rings. The van der Waals surface area contributed by atoms with Gasteiger partial charge >= 0.3 is 0 Å². The smallest absolute Gasteiger partial charge is 0.249 e. The van der Waals surface area contributed by atoms with E-state index in [0.29, 0.717) is 12.8 Å². The van der Waals surface area contributed by atoms with E-state index in [0.717, 1.165) is 36.4 Å². The van der Waals surface area contributed by atoms with E-state index in [1.807, 2.05) is 0 Å². The molecule has 2 atom stereocenters. The number of halogens is 2. The minimum Gasteiger partial charge on any atom is -0.344 e. The van der Waals surface area contributed by atoms with Gasteiger partial charge < -0.3 is 15.5 Å². The Kier molecular flexibility index (Phi) is 4.56. The number of nitrogens with one attached hydrogen (secondary N) is 2. The monoisotopic (exact) mass is 323 g/mol. The normalized spacial score (nSPS) is 24.3. The Hall–Kier alpha value is -2.02. The molecular formula is C16H19F2N3O2. The van der Waals surface area contributed by atoms with Gasteiger partial charge in [0.2, 0.25) is 11.8 Å². The number of nitrogens with zero attached hydrogens (tertiary/aromatic N) is 1. The van der Waals surface area contributed by atoms with E-state index >= 15 is 0 Å². The van der Waals surface area contributed by atoms with Crippen LogP contribution in [0.3, 0.4) is 0 Å². The Morgan fingerprint density at radius 1 is 1.30 bits per heavy atom. The first-order valence-corrected chi connectivity index (χ1v) is 7.84. The van der Waals surface area contributed by atoms with Crippen LogP contribution >= 0.6 is 0 Å². The summed E-state index contributed by atoms with van der Waals surface area (Å²) in [4.78, 5) is 25.4. The molecule has 0 aliphatic carbocycles. The molecule has 2 amide bonds. The topological polar surface area (TPSA) is 61.4 Å². The summed E-state index contributed by atoms with van der Waals surface area (Å²) < 4.78 is 27.6. The molecule has 0 saturated carbocycles. The van der Waals surface area contributed by atoms with Gasteiger partial charge in [0.05, 0.1) is 0 Å². The molecule has 2 unspecified atom stereocenters. The van der Waals surface area contributed by atoms with Crippen LogP contribution < -0.4 is 15.5 Å². The van der Waals surface area contributed by atoms with Gasteiger partial charge in [0.15, 0.2) is 0 Å². The van der Waals surface area contributed by atoms with Crippen LogP contribution in [-0.2, 0) is 9.59 Å². The van der Waals surface area contributed by atoms with E-state index in [2.05, 4.69) is 10.6 Å². The number of rotatable bonds is 4. The number of carbonyl (C=O) groups is 2. The molecule has 2 aliphatic rings. The van der Waals surface area contributed by atoms with Gasteiger partial charge in [0.1, 0.15) is 23.4 Å². The van der Waals surface area contributed by atoms with Crippen molar-refractivity contribution >= 4 is 17.5 Å². The molecule has 124 valence electrons. The fourth-order valence-corrected chi connectivity index (χ4v) is 3.19. The van der Waals surface area contributed by atoms with Crippen molar-refractivity contribution in [3.63, 3.8) is 0 Å². The summed E-state index contributed by atoms with van der Waals surface area (Å²) in [5.74, 6) is -2.23. The zero-order valence-corrected chi connectivity index (χ0v) is 12.6. The third-order valence-electron chi connectivity index (χ3n) is 4.34.